The summed E-state index contributed by atoms with van der Waals surface area (Å²) in [6.07, 6.45) is 6.63. The fourth-order valence-electron chi connectivity index (χ4n) is 2.73. The lowest BCUT2D eigenvalue weighted by Gasteiger charge is -2.35. The van der Waals surface area contributed by atoms with E-state index in [2.05, 4.69) is 9.97 Å². The number of carboxylic acid groups (broad SMARTS) is 1. The zero-order valence-corrected chi connectivity index (χ0v) is 11.5. The number of carboxylic acids is 1. The van der Waals surface area contributed by atoms with Gasteiger partial charge in [0.15, 0.2) is 5.82 Å². The van der Waals surface area contributed by atoms with Gasteiger partial charge in [0, 0.05) is 12.8 Å². The Kier molecular flexibility index (Phi) is 4.14. The van der Waals surface area contributed by atoms with Crippen molar-refractivity contribution in [2.24, 2.45) is 0 Å². The van der Waals surface area contributed by atoms with E-state index in [1.807, 2.05) is 6.92 Å². The molecule has 1 aromatic heterocycles. The van der Waals surface area contributed by atoms with Crippen molar-refractivity contribution in [1.82, 2.24) is 9.97 Å². The molecular weight excluding hydrogens is 244 g/mol. The van der Waals surface area contributed by atoms with Gasteiger partial charge in [0.2, 0.25) is 0 Å². The minimum atomic E-state index is -0.988. The summed E-state index contributed by atoms with van der Waals surface area (Å²) in [7, 11) is 0. The van der Waals surface area contributed by atoms with E-state index in [0.29, 0.717) is 18.1 Å². The van der Waals surface area contributed by atoms with Crippen LogP contribution in [0.3, 0.4) is 0 Å². The normalized spacial score (nSPS) is 18.2. The molecule has 1 aromatic rings. The Morgan fingerprint density at radius 2 is 2.11 bits per heavy atom. The molecule has 0 aliphatic heterocycles. The molecule has 5 nitrogen and oxygen atoms in total. The molecule has 1 aliphatic carbocycles. The maximum absolute atomic E-state index is 11.0. The summed E-state index contributed by atoms with van der Waals surface area (Å²) >= 11 is 0. The highest BCUT2D eigenvalue weighted by Crippen LogP contribution is 2.38. The summed E-state index contributed by atoms with van der Waals surface area (Å²) in [6.45, 7) is 4.29. The summed E-state index contributed by atoms with van der Waals surface area (Å²) in [5.74, 6) is -0.352. The van der Waals surface area contributed by atoms with Crippen molar-refractivity contribution in [1.29, 1.82) is 0 Å². The van der Waals surface area contributed by atoms with Crippen molar-refractivity contribution in [3.8, 4) is 0 Å². The highest BCUT2D eigenvalue weighted by molar-refractivity contribution is 5.88. The Labute approximate surface area is 113 Å². The Morgan fingerprint density at radius 3 is 2.63 bits per heavy atom. The van der Waals surface area contributed by atoms with Gasteiger partial charge in [-0.3, -0.25) is 0 Å². The lowest BCUT2D eigenvalue weighted by molar-refractivity contribution is -0.0768. The van der Waals surface area contributed by atoms with Gasteiger partial charge in [0.25, 0.3) is 0 Å². The quantitative estimate of drug-likeness (QED) is 0.905. The van der Waals surface area contributed by atoms with Gasteiger partial charge in [0.05, 0.1) is 11.3 Å². The van der Waals surface area contributed by atoms with Crippen molar-refractivity contribution >= 4 is 5.97 Å². The molecule has 104 valence electrons. The van der Waals surface area contributed by atoms with Crippen LogP contribution in [0.5, 0.6) is 0 Å². The second-order valence-corrected chi connectivity index (χ2v) is 4.99. The van der Waals surface area contributed by atoms with Crippen LogP contribution in [0.15, 0.2) is 6.20 Å². The van der Waals surface area contributed by atoms with Crippen molar-refractivity contribution in [3.05, 3.63) is 23.3 Å². The summed E-state index contributed by atoms with van der Waals surface area (Å²) < 4.78 is 5.94. The molecule has 1 heterocycles. The standard InChI is InChI=1S/C14H20N2O3/c1-3-19-14(7-5-4-6-8-14)13-15-9-11(12(17)18)10(2)16-13/h9H,3-8H2,1-2H3,(H,17,18). The van der Waals surface area contributed by atoms with Gasteiger partial charge in [0.1, 0.15) is 5.60 Å². The third kappa shape index (κ3) is 2.76. The van der Waals surface area contributed by atoms with Crippen LogP contribution in [0.25, 0.3) is 0 Å². The molecule has 0 unspecified atom stereocenters. The molecule has 0 spiro atoms. The van der Waals surface area contributed by atoms with Gasteiger partial charge >= 0.3 is 5.97 Å². The number of nitrogens with zero attached hydrogens (tertiary/aromatic N) is 2. The van der Waals surface area contributed by atoms with Gasteiger partial charge in [-0.15, -0.1) is 0 Å². The highest BCUT2D eigenvalue weighted by Gasteiger charge is 2.37. The average Bonchev–Trinajstić information content (AvgIpc) is 2.39. The van der Waals surface area contributed by atoms with E-state index >= 15 is 0 Å². The van der Waals surface area contributed by atoms with Crippen LogP contribution < -0.4 is 0 Å². The van der Waals surface area contributed by atoms with E-state index in [0.717, 1.165) is 25.7 Å². The van der Waals surface area contributed by atoms with E-state index < -0.39 is 11.6 Å². The molecule has 0 radical (unpaired) electrons. The van der Waals surface area contributed by atoms with Crippen molar-refractivity contribution < 1.29 is 14.6 Å². The molecule has 1 fully saturated rings. The van der Waals surface area contributed by atoms with Crippen LogP contribution in [-0.4, -0.2) is 27.7 Å². The first-order valence-electron chi connectivity index (χ1n) is 6.80. The molecule has 2 rings (SSSR count). The van der Waals surface area contributed by atoms with E-state index in [1.165, 1.54) is 12.6 Å². The van der Waals surface area contributed by atoms with E-state index in [9.17, 15) is 4.79 Å². The zero-order valence-electron chi connectivity index (χ0n) is 11.5. The Hall–Kier alpha value is -1.49. The Morgan fingerprint density at radius 1 is 1.42 bits per heavy atom. The molecule has 1 aliphatic rings. The fourth-order valence-corrected chi connectivity index (χ4v) is 2.73. The zero-order chi connectivity index (χ0) is 13.9. The van der Waals surface area contributed by atoms with Gasteiger partial charge in [-0.25, -0.2) is 14.8 Å². The molecule has 0 saturated heterocycles. The Bertz CT molecular complexity index is 462. The molecule has 19 heavy (non-hydrogen) atoms. The summed E-state index contributed by atoms with van der Waals surface area (Å²) in [4.78, 5) is 19.7. The van der Waals surface area contributed by atoms with Gasteiger partial charge in [-0.2, -0.15) is 0 Å². The first-order chi connectivity index (χ1) is 9.09. The fraction of sp³-hybridized carbons (Fsp3) is 0.643. The van der Waals surface area contributed by atoms with Crippen LogP contribution in [0.4, 0.5) is 0 Å². The first-order valence-corrected chi connectivity index (χ1v) is 6.80. The highest BCUT2D eigenvalue weighted by atomic mass is 16.5. The lowest BCUT2D eigenvalue weighted by Crippen LogP contribution is -2.35. The smallest absolute Gasteiger partial charge is 0.339 e. The second-order valence-electron chi connectivity index (χ2n) is 4.99. The monoisotopic (exact) mass is 264 g/mol. The average molecular weight is 264 g/mol. The third-order valence-electron chi connectivity index (χ3n) is 3.70. The number of aromatic carboxylic acids is 1. The van der Waals surface area contributed by atoms with Crippen LogP contribution in [0, 0.1) is 6.92 Å². The molecular formula is C14H20N2O3. The minimum absolute atomic E-state index is 0.159. The summed E-state index contributed by atoms with van der Waals surface area (Å²) in [6, 6.07) is 0. The Balaban J connectivity index is 2.37. The van der Waals surface area contributed by atoms with Crippen LogP contribution in [-0.2, 0) is 10.3 Å². The number of aromatic nitrogens is 2. The number of ether oxygens (including phenoxy) is 1. The van der Waals surface area contributed by atoms with Crippen molar-refractivity contribution in [3.63, 3.8) is 0 Å². The molecule has 5 heteroatoms. The predicted octanol–water partition coefficient (Wildman–Crippen LogP) is 2.68. The number of carbonyl (C=O) groups is 1. The maximum atomic E-state index is 11.0. The maximum Gasteiger partial charge on any atom is 0.339 e. The van der Waals surface area contributed by atoms with Gasteiger partial charge in [-0.1, -0.05) is 19.3 Å². The topological polar surface area (TPSA) is 72.3 Å². The SMILES string of the molecule is CCOC1(c2ncc(C(=O)O)c(C)n2)CCCCC1. The number of hydrogen-bond acceptors (Lipinski definition) is 4. The second kappa shape index (κ2) is 5.65. The molecule has 0 bridgehead atoms. The molecule has 0 aromatic carbocycles. The number of rotatable bonds is 4. The van der Waals surface area contributed by atoms with Crippen LogP contribution >= 0.6 is 0 Å². The van der Waals surface area contributed by atoms with Crippen LogP contribution in [0.2, 0.25) is 0 Å². The summed E-state index contributed by atoms with van der Waals surface area (Å²) in [5.41, 5.74) is 0.239. The minimum Gasteiger partial charge on any atom is -0.478 e. The number of hydrogen-bond donors (Lipinski definition) is 1. The van der Waals surface area contributed by atoms with Crippen LogP contribution in [0.1, 0.15) is 60.9 Å². The number of aryl methyl sites for hydroxylation is 1. The van der Waals surface area contributed by atoms with E-state index in [4.69, 9.17) is 9.84 Å². The van der Waals surface area contributed by atoms with Gasteiger partial charge in [-0.05, 0) is 26.7 Å². The van der Waals surface area contributed by atoms with Crippen molar-refractivity contribution in [2.45, 2.75) is 51.6 Å². The molecule has 1 N–H and O–H groups in total. The van der Waals surface area contributed by atoms with Gasteiger partial charge < -0.3 is 9.84 Å². The largest absolute Gasteiger partial charge is 0.478 e. The van der Waals surface area contributed by atoms with E-state index in [1.54, 1.807) is 6.92 Å². The first kappa shape index (κ1) is 13.9. The third-order valence-corrected chi connectivity index (χ3v) is 3.70. The summed E-state index contributed by atoms with van der Waals surface area (Å²) in [5, 5.41) is 9.02. The van der Waals surface area contributed by atoms with Crippen molar-refractivity contribution in [2.75, 3.05) is 6.61 Å². The lowest BCUT2D eigenvalue weighted by atomic mass is 9.83. The predicted molar refractivity (Wildman–Crippen MR) is 70.1 cm³/mol. The molecule has 1 saturated carbocycles. The van der Waals surface area contributed by atoms with E-state index in [-0.39, 0.29) is 5.56 Å². The molecule has 0 atom stereocenters. The molecule has 0 amide bonds.